The summed E-state index contributed by atoms with van der Waals surface area (Å²) in [4.78, 5) is 12.7. The molecule has 0 aliphatic carbocycles. The normalized spacial score (nSPS) is 11.3. The van der Waals surface area contributed by atoms with Crippen LogP contribution in [0, 0.1) is 6.92 Å². The van der Waals surface area contributed by atoms with Gasteiger partial charge in [0.15, 0.2) is 0 Å². The lowest BCUT2D eigenvalue weighted by molar-refractivity contribution is -0.119. The van der Waals surface area contributed by atoms with Crippen LogP contribution in [0.2, 0.25) is 0 Å². The van der Waals surface area contributed by atoms with Crippen molar-refractivity contribution in [2.45, 2.75) is 11.8 Å². The molecular weight excluding hydrogens is 494 g/mol. The summed E-state index contributed by atoms with van der Waals surface area (Å²) in [5.74, 6) is 0.131. The van der Waals surface area contributed by atoms with Crippen LogP contribution < -0.4 is 14.5 Å². The number of aryl methyl sites for hydroxylation is 1. The molecule has 0 atom stereocenters. The van der Waals surface area contributed by atoms with E-state index in [1.807, 2.05) is 6.92 Å². The monoisotopic (exact) mass is 515 g/mol. The van der Waals surface area contributed by atoms with E-state index in [1.165, 1.54) is 18.3 Å². The van der Waals surface area contributed by atoms with Gasteiger partial charge in [-0.2, -0.15) is 5.10 Å². The molecule has 1 N–H and O–H groups in total. The van der Waals surface area contributed by atoms with Crippen molar-refractivity contribution in [3.63, 3.8) is 0 Å². The summed E-state index contributed by atoms with van der Waals surface area (Å²) in [6, 6.07) is 20.3. The number of methoxy groups -OCH3 is 1. The molecule has 3 aromatic rings. The highest BCUT2D eigenvalue weighted by molar-refractivity contribution is 9.10. The van der Waals surface area contributed by atoms with Crippen molar-refractivity contribution in [2.75, 3.05) is 18.0 Å². The molecule has 0 bridgehead atoms. The Morgan fingerprint density at radius 2 is 1.66 bits per heavy atom. The first kappa shape index (κ1) is 23.5. The molecule has 0 radical (unpaired) electrons. The standard InChI is InChI=1S/C23H22BrN3O4S/c1-17-3-13-22(14-4-17)32(29,30)27(20-9-7-19(24)8-10-20)16-23(28)26-25-15-18-5-11-21(31-2)12-6-18/h3-15H,16H2,1-2H3,(H,26,28)/b25-15-. The fourth-order valence-electron chi connectivity index (χ4n) is 2.79. The number of carbonyl (C=O) groups is 1. The summed E-state index contributed by atoms with van der Waals surface area (Å²) in [7, 11) is -2.40. The Morgan fingerprint density at radius 1 is 1.03 bits per heavy atom. The van der Waals surface area contributed by atoms with Gasteiger partial charge < -0.3 is 4.74 Å². The van der Waals surface area contributed by atoms with Gasteiger partial charge in [-0.3, -0.25) is 9.10 Å². The number of sulfonamides is 1. The van der Waals surface area contributed by atoms with Gasteiger partial charge in [0.2, 0.25) is 0 Å². The lowest BCUT2D eigenvalue weighted by Crippen LogP contribution is -2.39. The topological polar surface area (TPSA) is 88.1 Å². The van der Waals surface area contributed by atoms with E-state index in [1.54, 1.807) is 67.8 Å². The SMILES string of the molecule is COc1ccc(/C=N\NC(=O)CN(c2ccc(Br)cc2)S(=O)(=O)c2ccc(C)cc2)cc1. The highest BCUT2D eigenvalue weighted by atomic mass is 79.9. The smallest absolute Gasteiger partial charge is 0.264 e. The van der Waals surface area contributed by atoms with E-state index in [0.29, 0.717) is 11.4 Å². The van der Waals surface area contributed by atoms with Crippen molar-refractivity contribution in [1.82, 2.24) is 5.43 Å². The predicted molar refractivity (Wildman–Crippen MR) is 129 cm³/mol. The Bertz CT molecular complexity index is 1190. The van der Waals surface area contributed by atoms with Crippen LogP contribution in [0.5, 0.6) is 5.75 Å². The molecule has 0 heterocycles. The number of halogens is 1. The number of nitrogens with zero attached hydrogens (tertiary/aromatic N) is 2. The van der Waals surface area contributed by atoms with Crippen molar-refractivity contribution >= 4 is 43.8 Å². The maximum absolute atomic E-state index is 13.3. The molecule has 166 valence electrons. The molecule has 0 spiro atoms. The quantitative estimate of drug-likeness (QED) is 0.361. The van der Waals surface area contributed by atoms with E-state index in [-0.39, 0.29) is 4.90 Å². The van der Waals surface area contributed by atoms with Gasteiger partial charge >= 0.3 is 0 Å². The Labute approximate surface area is 195 Å². The second-order valence-electron chi connectivity index (χ2n) is 6.87. The van der Waals surface area contributed by atoms with E-state index in [2.05, 4.69) is 26.5 Å². The minimum Gasteiger partial charge on any atom is -0.497 e. The summed E-state index contributed by atoms with van der Waals surface area (Å²) < 4.78 is 33.6. The van der Waals surface area contributed by atoms with Crippen LogP contribution in [-0.4, -0.2) is 34.2 Å². The first-order valence-electron chi connectivity index (χ1n) is 9.60. The van der Waals surface area contributed by atoms with Crippen LogP contribution >= 0.6 is 15.9 Å². The molecule has 0 unspecified atom stereocenters. The average molecular weight is 516 g/mol. The number of rotatable bonds is 8. The fourth-order valence-corrected chi connectivity index (χ4v) is 4.48. The second kappa shape index (κ2) is 10.4. The third-order valence-electron chi connectivity index (χ3n) is 4.53. The summed E-state index contributed by atoms with van der Waals surface area (Å²) in [6.07, 6.45) is 1.47. The first-order valence-corrected chi connectivity index (χ1v) is 11.8. The molecule has 7 nitrogen and oxygen atoms in total. The third-order valence-corrected chi connectivity index (χ3v) is 6.85. The molecule has 0 aromatic heterocycles. The lowest BCUT2D eigenvalue weighted by atomic mass is 10.2. The molecule has 1 amide bonds. The van der Waals surface area contributed by atoms with Crippen LogP contribution in [0.15, 0.2) is 87.3 Å². The zero-order valence-electron chi connectivity index (χ0n) is 17.5. The van der Waals surface area contributed by atoms with Crippen LogP contribution in [0.25, 0.3) is 0 Å². The molecule has 0 saturated carbocycles. The van der Waals surface area contributed by atoms with Gasteiger partial charge in [-0.05, 0) is 73.2 Å². The Kier molecular flexibility index (Phi) is 7.66. The maximum atomic E-state index is 13.3. The largest absolute Gasteiger partial charge is 0.497 e. The number of ether oxygens (including phenoxy) is 1. The lowest BCUT2D eigenvalue weighted by Gasteiger charge is -2.23. The average Bonchev–Trinajstić information content (AvgIpc) is 2.79. The third kappa shape index (κ3) is 5.95. The van der Waals surface area contributed by atoms with E-state index in [9.17, 15) is 13.2 Å². The van der Waals surface area contributed by atoms with Crippen LogP contribution in [-0.2, 0) is 14.8 Å². The highest BCUT2D eigenvalue weighted by Crippen LogP contribution is 2.25. The van der Waals surface area contributed by atoms with Gasteiger partial charge in [-0.15, -0.1) is 0 Å². The predicted octanol–water partition coefficient (Wildman–Crippen LogP) is 4.11. The van der Waals surface area contributed by atoms with Crippen LogP contribution in [0.4, 0.5) is 5.69 Å². The number of hydrazone groups is 1. The number of carbonyl (C=O) groups excluding carboxylic acids is 1. The summed E-state index contributed by atoms with van der Waals surface area (Å²) in [5.41, 5.74) is 4.44. The Hall–Kier alpha value is -3.17. The van der Waals surface area contributed by atoms with Crippen molar-refractivity contribution in [2.24, 2.45) is 5.10 Å². The first-order chi connectivity index (χ1) is 15.3. The number of hydrogen-bond acceptors (Lipinski definition) is 5. The number of nitrogens with one attached hydrogen (secondary N) is 1. The Balaban J connectivity index is 1.80. The van der Waals surface area contributed by atoms with Gasteiger partial charge in [-0.25, -0.2) is 13.8 Å². The number of hydrogen-bond donors (Lipinski definition) is 1. The number of anilines is 1. The maximum Gasteiger partial charge on any atom is 0.264 e. The van der Waals surface area contributed by atoms with E-state index < -0.39 is 22.5 Å². The van der Waals surface area contributed by atoms with E-state index >= 15 is 0 Å². The fraction of sp³-hybridized carbons (Fsp3) is 0.130. The Morgan fingerprint density at radius 3 is 2.25 bits per heavy atom. The molecule has 3 rings (SSSR count). The minimum absolute atomic E-state index is 0.0977. The van der Waals surface area contributed by atoms with Crippen molar-refractivity contribution in [3.8, 4) is 5.75 Å². The summed E-state index contributed by atoms with van der Waals surface area (Å²) in [5, 5.41) is 3.93. The molecule has 0 aliphatic heterocycles. The van der Waals surface area contributed by atoms with Gasteiger partial charge in [-0.1, -0.05) is 33.6 Å². The number of benzene rings is 3. The molecule has 32 heavy (non-hydrogen) atoms. The highest BCUT2D eigenvalue weighted by Gasteiger charge is 2.27. The second-order valence-corrected chi connectivity index (χ2v) is 9.65. The van der Waals surface area contributed by atoms with Crippen molar-refractivity contribution in [3.05, 3.63) is 88.4 Å². The summed E-state index contributed by atoms with van der Waals surface area (Å²) in [6.45, 7) is 1.44. The van der Waals surface area contributed by atoms with Crippen molar-refractivity contribution in [1.29, 1.82) is 0 Å². The molecule has 0 saturated heterocycles. The molecule has 0 fully saturated rings. The van der Waals surface area contributed by atoms with Crippen LogP contribution in [0.3, 0.4) is 0 Å². The zero-order chi connectivity index (χ0) is 23.1. The van der Waals surface area contributed by atoms with Crippen molar-refractivity contribution < 1.29 is 17.9 Å². The zero-order valence-corrected chi connectivity index (χ0v) is 19.9. The molecule has 0 aliphatic rings. The van der Waals surface area contributed by atoms with Gasteiger partial charge in [0.05, 0.1) is 23.9 Å². The minimum atomic E-state index is -3.97. The molecule has 3 aromatic carbocycles. The van der Waals surface area contributed by atoms with Gasteiger partial charge in [0.25, 0.3) is 15.9 Å². The summed E-state index contributed by atoms with van der Waals surface area (Å²) >= 11 is 3.34. The number of amides is 1. The van der Waals surface area contributed by atoms with E-state index in [0.717, 1.165) is 19.9 Å². The molecular formula is C23H22BrN3O4S. The van der Waals surface area contributed by atoms with Crippen LogP contribution in [0.1, 0.15) is 11.1 Å². The van der Waals surface area contributed by atoms with Gasteiger partial charge in [0.1, 0.15) is 12.3 Å². The van der Waals surface area contributed by atoms with E-state index in [4.69, 9.17) is 4.74 Å². The molecule has 9 heteroatoms. The van der Waals surface area contributed by atoms with Gasteiger partial charge in [0, 0.05) is 4.47 Å².